The molecule has 0 spiro atoms. The highest BCUT2D eigenvalue weighted by atomic mass is 32.1. The molecule has 3 rings (SSSR count). The number of nitrogens with two attached hydrogens (primary N) is 1. The third-order valence-corrected chi connectivity index (χ3v) is 4.95. The molecule has 162 valence electrons. The largest absolute Gasteiger partial charge is 0.411 e. The molecule has 0 bridgehead atoms. The molecule has 0 aliphatic rings. The molecular weight excluding hydrogens is 418 g/mol. The Morgan fingerprint density at radius 2 is 1.90 bits per heavy atom. The molecule has 3 amide bonds. The first-order valence-corrected chi connectivity index (χ1v) is 10.3. The molecule has 1 atom stereocenters. The summed E-state index contributed by atoms with van der Waals surface area (Å²) in [4.78, 5) is 46.7. The third-order valence-electron chi connectivity index (χ3n) is 4.09. The van der Waals surface area contributed by atoms with Gasteiger partial charge in [0, 0.05) is 17.4 Å². The van der Waals surface area contributed by atoms with Crippen molar-refractivity contribution in [2.45, 2.75) is 32.4 Å². The summed E-state index contributed by atoms with van der Waals surface area (Å²) in [6, 6.07) is 8.56. The molecule has 0 aliphatic heterocycles. The van der Waals surface area contributed by atoms with Gasteiger partial charge in [-0.05, 0) is 56.5 Å². The van der Waals surface area contributed by atoms with Crippen LogP contribution in [-0.4, -0.2) is 33.4 Å². The van der Waals surface area contributed by atoms with Crippen molar-refractivity contribution >= 4 is 34.9 Å². The molecule has 31 heavy (non-hydrogen) atoms. The monoisotopic (exact) mass is 441 g/mol. The number of imidazole rings is 1. The Hall–Kier alpha value is -3.66. The van der Waals surface area contributed by atoms with E-state index in [9.17, 15) is 14.4 Å². The Morgan fingerprint density at radius 3 is 2.42 bits per heavy atom. The number of hydrogen-bond donors (Lipinski definition) is 3. The number of anilines is 1. The summed E-state index contributed by atoms with van der Waals surface area (Å²) >= 11 is 1.27. The zero-order valence-corrected chi connectivity index (χ0v) is 18.1. The van der Waals surface area contributed by atoms with Crippen molar-refractivity contribution < 1.29 is 19.1 Å². The van der Waals surface area contributed by atoms with Gasteiger partial charge in [0.2, 0.25) is 5.91 Å². The van der Waals surface area contributed by atoms with Crippen LogP contribution in [-0.2, 0) is 4.79 Å². The zero-order valence-electron chi connectivity index (χ0n) is 17.3. The summed E-state index contributed by atoms with van der Waals surface area (Å²) in [7, 11) is 0. The zero-order chi connectivity index (χ0) is 22.6. The van der Waals surface area contributed by atoms with E-state index < -0.39 is 17.7 Å². The van der Waals surface area contributed by atoms with Crippen LogP contribution in [0.3, 0.4) is 0 Å². The summed E-state index contributed by atoms with van der Waals surface area (Å²) in [5.41, 5.74) is 5.33. The second-order valence-electron chi connectivity index (χ2n) is 7.70. The van der Waals surface area contributed by atoms with Crippen LogP contribution >= 0.6 is 11.3 Å². The molecule has 0 fully saturated rings. The molecule has 10 heteroatoms. The van der Waals surface area contributed by atoms with Crippen molar-refractivity contribution in [2.24, 2.45) is 5.73 Å². The van der Waals surface area contributed by atoms with Gasteiger partial charge >= 0.3 is 6.09 Å². The Labute approximate surface area is 183 Å². The summed E-state index contributed by atoms with van der Waals surface area (Å²) in [5.74, 6) is -0.534. The summed E-state index contributed by atoms with van der Waals surface area (Å²) < 4.78 is 4.87. The highest BCUT2D eigenvalue weighted by molar-refractivity contribution is 7.12. The van der Waals surface area contributed by atoms with E-state index in [1.54, 1.807) is 35.8 Å². The van der Waals surface area contributed by atoms with E-state index >= 15 is 0 Å². The SMILES string of the molecule is CC(C)(C)NC(=O)C(c1c[nH]cn1)N(C(=O)c1cccs1)c1ccc(OC(N)=O)cc1. The standard InChI is InChI=1S/C21H23N5O4S/c1-21(2,3)25-18(27)17(15-11-23-12-24-15)26(19(28)16-5-4-10-31-16)13-6-8-14(9-7-13)30-20(22)29/h4-12,17H,1-3H3,(H2,22,29)(H,23,24)(H,25,27). The van der Waals surface area contributed by atoms with Crippen LogP contribution < -0.4 is 20.7 Å². The van der Waals surface area contributed by atoms with E-state index in [-0.39, 0.29) is 17.6 Å². The minimum Gasteiger partial charge on any atom is -0.411 e. The van der Waals surface area contributed by atoms with Crippen molar-refractivity contribution in [1.29, 1.82) is 0 Å². The average Bonchev–Trinajstić information content (AvgIpc) is 3.38. The number of hydrogen-bond acceptors (Lipinski definition) is 6. The number of aromatic nitrogens is 2. The van der Waals surface area contributed by atoms with Crippen LogP contribution in [0.2, 0.25) is 0 Å². The van der Waals surface area contributed by atoms with Gasteiger partial charge in [-0.1, -0.05) is 6.07 Å². The van der Waals surface area contributed by atoms with Crippen molar-refractivity contribution in [3.63, 3.8) is 0 Å². The summed E-state index contributed by atoms with van der Waals surface area (Å²) in [6.07, 6.45) is 2.08. The molecule has 2 heterocycles. The second-order valence-corrected chi connectivity index (χ2v) is 8.65. The Balaban J connectivity index is 2.09. The first-order chi connectivity index (χ1) is 14.7. The first kappa shape index (κ1) is 22.0. The normalized spacial score (nSPS) is 12.1. The van der Waals surface area contributed by atoms with E-state index in [0.29, 0.717) is 16.3 Å². The number of carbonyl (C=O) groups excluding carboxylic acids is 3. The summed E-state index contributed by atoms with van der Waals surface area (Å²) in [5, 5.41) is 4.71. The molecule has 4 N–H and O–H groups in total. The number of rotatable bonds is 6. The average molecular weight is 442 g/mol. The fourth-order valence-electron chi connectivity index (χ4n) is 2.94. The van der Waals surface area contributed by atoms with Crippen LogP contribution in [0.4, 0.5) is 10.5 Å². The Kier molecular flexibility index (Phi) is 6.40. The summed E-state index contributed by atoms with van der Waals surface area (Å²) in [6.45, 7) is 5.57. The van der Waals surface area contributed by atoms with Gasteiger partial charge in [-0.15, -0.1) is 11.3 Å². The number of amides is 3. The Bertz CT molecular complexity index is 1040. The van der Waals surface area contributed by atoms with Crippen molar-refractivity contribution in [3.05, 3.63) is 64.9 Å². The third kappa shape index (κ3) is 5.48. The molecule has 9 nitrogen and oxygen atoms in total. The topological polar surface area (TPSA) is 130 Å². The lowest BCUT2D eigenvalue weighted by Crippen LogP contribution is -2.49. The van der Waals surface area contributed by atoms with Crippen LogP contribution in [0, 0.1) is 0 Å². The number of aromatic amines is 1. The van der Waals surface area contributed by atoms with Crippen LogP contribution in [0.5, 0.6) is 5.75 Å². The number of benzene rings is 1. The van der Waals surface area contributed by atoms with Crippen molar-refractivity contribution in [1.82, 2.24) is 15.3 Å². The molecule has 2 aromatic heterocycles. The minimum atomic E-state index is -1.04. The maximum absolute atomic E-state index is 13.5. The lowest BCUT2D eigenvalue weighted by molar-refractivity contribution is -0.124. The molecule has 1 aromatic carbocycles. The number of nitrogens with zero attached hydrogens (tertiary/aromatic N) is 2. The molecule has 3 aromatic rings. The minimum absolute atomic E-state index is 0.218. The fraction of sp³-hybridized carbons (Fsp3) is 0.238. The number of primary amides is 1. The molecular formula is C21H23N5O4S. The number of carbonyl (C=O) groups is 3. The smallest absolute Gasteiger partial charge is 0.409 e. The van der Waals surface area contributed by atoms with E-state index in [1.807, 2.05) is 20.8 Å². The van der Waals surface area contributed by atoms with E-state index in [1.165, 1.54) is 34.7 Å². The first-order valence-electron chi connectivity index (χ1n) is 9.41. The van der Waals surface area contributed by atoms with Gasteiger partial charge in [0.05, 0.1) is 16.9 Å². The Morgan fingerprint density at radius 1 is 1.19 bits per heavy atom. The number of thiophene rings is 1. The van der Waals surface area contributed by atoms with Crippen molar-refractivity contribution in [2.75, 3.05) is 4.90 Å². The molecule has 0 saturated heterocycles. The molecule has 1 unspecified atom stereocenters. The highest BCUT2D eigenvalue weighted by Crippen LogP contribution is 2.31. The van der Waals surface area contributed by atoms with E-state index in [2.05, 4.69) is 15.3 Å². The van der Waals surface area contributed by atoms with Crippen LogP contribution in [0.15, 0.2) is 54.3 Å². The number of nitrogens with one attached hydrogen (secondary N) is 2. The van der Waals surface area contributed by atoms with Crippen molar-refractivity contribution in [3.8, 4) is 5.75 Å². The molecule has 0 radical (unpaired) electrons. The highest BCUT2D eigenvalue weighted by Gasteiger charge is 2.36. The van der Waals surface area contributed by atoms with E-state index in [4.69, 9.17) is 10.5 Å². The molecule has 0 saturated carbocycles. The number of ether oxygens (including phenoxy) is 1. The van der Waals surface area contributed by atoms with Gasteiger partial charge in [-0.25, -0.2) is 9.78 Å². The van der Waals surface area contributed by atoms with Crippen LogP contribution in [0.1, 0.15) is 42.2 Å². The predicted molar refractivity (Wildman–Crippen MR) is 117 cm³/mol. The van der Waals surface area contributed by atoms with E-state index in [0.717, 1.165) is 0 Å². The maximum atomic E-state index is 13.5. The van der Waals surface area contributed by atoms with Crippen LogP contribution in [0.25, 0.3) is 0 Å². The fourth-order valence-corrected chi connectivity index (χ4v) is 3.60. The number of H-pyrrole nitrogens is 1. The van der Waals surface area contributed by atoms with Gasteiger partial charge < -0.3 is 20.8 Å². The van der Waals surface area contributed by atoms with Gasteiger partial charge in [-0.3, -0.25) is 14.5 Å². The van der Waals surface area contributed by atoms with Gasteiger partial charge in [0.25, 0.3) is 5.91 Å². The van der Waals surface area contributed by atoms with Gasteiger partial charge in [0.1, 0.15) is 5.75 Å². The lowest BCUT2D eigenvalue weighted by Gasteiger charge is -2.32. The predicted octanol–water partition coefficient (Wildman–Crippen LogP) is 3.23. The van der Waals surface area contributed by atoms with Gasteiger partial charge in [-0.2, -0.15) is 0 Å². The quantitative estimate of drug-likeness (QED) is 0.541. The maximum Gasteiger partial charge on any atom is 0.409 e. The molecule has 0 aliphatic carbocycles. The lowest BCUT2D eigenvalue weighted by atomic mass is 10.1. The second kappa shape index (κ2) is 9.00. The van der Waals surface area contributed by atoms with Gasteiger partial charge in [0.15, 0.2) is 6.04 Å².